The van der Waals surface area contributed by atoms with E-state index >= 15 is 0 Å². The Balaban J connectivity index is 2.13. The van der Waals surface area contributed by atoms with Gasteiger partial charge in [-0.1, -0.05) is 0 Å². The summed E-state index contributed by atoms with van der Waals surface area (Å²) >= 11 is 0. The Labute approximate surface area is 115 Å². The Kier molecular flexibility index (Phi) is 4.14. The van der Waals surface area contributed by atoms with Crippen LogP contribution in [0.25, 0.3) is 0 Å². The number of halogens is 1. The van der Waals surface area contributed by atoms with E-state index in [-0.39, 0.29) is 5.56 Å². The molecular formula is C14H14FN3O2. The molecule has 20 heavy (non-hydrogen) atoms. The van der Waals surface area contributed by atoms with Gasteiger partial charge in [-0.2, -0.15) is 0 Å². The Bertz CT molecular complexity index is 614. The van der Waals surface area contributed by atoms with Gasteiger partial charge in [0.25, 0.3) is 5.91 Å². The third-order valence-electron chi connectivity index (χ3n) is 2.52. The third kappa shape index (κ3) is 3.23. The summed E-state index contributed by atoms with van der Waals surface area (Å²) in [5.41, 5.74) is 6.19. The van der Waals surface area contributed by atoms with E-state index in [4.69, 9.17) is 10.5 Å². The molecule has 3 N–H and O–H groups in total. The van der Waals surface area contributed by atoms with E-state index in [1.54, 1.807) is 12.1 Å². The molecular weight excluding hydrogens is 261 g/mol. The molecule has 5 nitrogen and oxygen atoms in total. The summed E-state index contributed by atoms with van der Waals surface area (Å²) in [4.78, 5) is 15.9. The van der Waals surface area contributed by atoms with Crippen LogP contribution in [0.5, 0.6) is 5.88 Å². The second kappa shape index (κ2) is 6.01. The first-order valence-corrected chi connectivity index (χ1v) is 6.05. The van der Waals surface area contributed by atoms with Crippen molar-refractivity contribution >= 4 is 17.3 Å². The zero-order chi connectivity index (χ0) is 14.5. The lowest BCUT2D eigenvalue weighted by Gasteiger charge is -2.07. The molecule has 2 rings (SSSR count). The standard InChI is InChI=1S/C14H14FN3O2/c1-2-20-13-6-4-10(8-17-13)18-14(19)11-7-9(16)3-5-12(11)15/h3-8H,2,16H2,1H3,(H,18,19). The van der Waals surface area contributed by atoms with Crippen LogP contribution in [0.4, 0.5) is 15.8 Å². The fraction of sp³-hybridized carbons (Fsp3) is 0.143. The number of amides is 1. The lowest BCUT2D eigenvalue weighted by Crippen LogP contribution is -2.14. The van der Waals surface area contributed by atoms with E-state index in [0.717, 1.165) is 6.07 Å². The van der Waals surface area contributed by atoms with Gasteiger partial charge in [0.1, 0.15) is 5.82 Å². The third-order valence-corrected chi connectivity index (χ3v) is 2.52. The summed E-state index contributed by atoms with van der Waals surface area (Å²) in [5, 5.41) is 2.54. The van der Waals surface area contributed by atoms with Crippen molar-refractivity contribution in [2.75, 3.05) is 17.7 Å². The number of hydrogen-bond acceptors (Lipinski definition) is 4. The number of nitrogens with zero attached hydrogens (tertiary/aromatic N) is 1. The molecule has 0 radical (unpaired) electrons. The van der Waals surface area contributed by atoms with Gasteiger partial charge in [-0.3, -0.25) is 4.79 Å². The fourth-order valence-electron chi connectivity index (χ4n) is 1.60. The molecule has 104 valence electrons. The average molecular weight is 275 g/mol. The number of aromatic nitrogens is 1. The van der Waals surface area contributed by atoms with Gasteiger partial charge >= 0.3 is 0 Å². The lowest BCUT2D eigenvalue weighted by molar-refractivity contribution is 0.102. The minimum Gasteiger partial charge on any atom is -0.478 e. The summed E-state index contributed by atoms with van der Waals surface area (Å²) in [6, 6.07) is 7.08. The summed E-state index contributed by atoms with van der Waals surface area (Å²) in [7, 11) is 0. The van der Waals surface area contributed by atoms with E-state index in [2.05, 4.69) is 10.3 Å². The number of ether oxygens (including phenoxy) is 1. The van der Waals surface area contributed by atoms with E-state index in [0.29, 0.717) is 23.9 Å². The van der Waals surface area contributed by atoms with Crippen molar-refractivity contribution < 1.29 is 13.9 Å². The lowest BCUT2D eigenvalue weighted by atomic mass is 10.1. The van der Waals surface area contributed by atoms with Crippen LogP contribution in [0, 0.1) is 5.82 Å². The van der Waals surface area contributed by atoms with Crippen LogP contribution in [0.15, 0.2) is 36.5 Å². The molecule has 1 aromatic carbocycles. The van der Waals surface area contributed by atoms with Crippen LogP contribution in [-0.4, -0.2) is 17.5 Å². The maximum Gasteiger partial charge on any atom is 0.258 e. The number of nitrogen functional groups attached to an aromatic ring is 1. The van der Waals surface area contributed by atoms with Gasteiger partial charge in [0.05, 0.1) is 24.1 Å². The number of benzene rings is 1. The first kappa shape index (κ1) is 13.8. The molecule has 0 aliphatic heterocycles. The zero-order valence-electron chi connectivity index (χ0n) is 10.9. The van der Waals surface area contributed by atoms with Crippen LogP contribution in [0.1, 0.15) is 17.3 Å². The summed E-state index contributed by atoms with van der Waals surface area (Å²) in [6.07, 6.45) is 1.44. The molecule has 0 fully saturated rings. The van der Waals surface area contributed by atoms with E-state index in [9.17, 15) is 9.18 Å². The van der Waals surface area contributed by atoms with E-state index in [1.165, 1.54) is 18.3 Å². The highest BCUT2D eigenvalue weighted by Crippen LogP contribution is 2.16. The molecule has 2 aromatic rings. The normalized spacial score (nSPS) is 10.1. The van der Waals surface area contributed by atoms with Crippen molar-refractivity contribution in [3.63, 3.8) is 0 Å². The van der Waals surface area contributed by atoms with Crippen LogP contribution >= 0.6 is 0 Å². The largest absolute Gasteiger partial charge is 0.478 e. The average Bonchev–Trinajstić information content (AvgIpc) is 2.44. The Morgan fingerprint density at radius 3 is 2.85 bits per heavy atom. The fourth-order valence-corrected chi connectivity index (χ4v) is 1.60. The SMILES string of the molecule is CCOc1ccc(NC(=O)c2cc(N)ccc2F)cn1. The van der Waals surface area contributed by atoms with Crippen molar-refractivity contribution in [1.29, 1.82) is 0 Å². The topological polar surface area (TPSA) is 77.2 Å². The number of pyridine rings is 1. The monoisotopic (exact) mass is 275 g/mol. The molecule has 0 unspecified atom stereocenters. The number of rotatable bonds is 4. The van der Waals surface area contributed by atoms with Gasteiger partial charge in [0, 0.05) is 11.8 Å². The first-order valence-electron chi connectivity index (χ1n) is 6.05. The van der Waals surface area contributed by atoms with E-state index < -0.39 is 11.7 Å². The number of hydrogen-bond donors (Lipinski definition) is 2. The van der Waals surface area contributed by atoms with Crippen molar-refractivity contribution in [1.82, 2.24) is 4.98 Å². The molecule has 0 saturated carbocycles. The van der Waals surface area contributed by atoms with Crippen LogP contribution in [-0.2, 0) is 0 Å². The Hall–Kier alpha value is -2.63. The molecule has 1 heterocycles. The number of carbonyl (C=O) groups excluding carboxylic acids is 1. The molecule has 1 amide bonds. The minimum atomic E-state index is -0.629. The molecule has 1 aromatic heterocycles. The summed E-state index contributed by atoms with van der Waals surface area (Å²) in [5.74, 6) is -0.753. The molecule has 0 bridgehead atoms. The van der Waals surface area contributed by atoms with Crippen LogP contribution in [0.3, 0.4) is 0 Å². The maximum absolute atomic E-state index is 13.5. The summed E-state index contributed by atoms with van der Waals surface area (Å²) < 4.78 is 18.7. The highest BCUT2D eigenvalue weighted by atomic mass is 19.1. The van der Waals surface area contributed by atoms with Crippen molar-refractivity contribution in [2.45, 2.75) is 6.92 Å². The molecule has 0 saturated heterocycles. The number of carbonyl (C=O) groups is 1. The second-order valence-electron chi connectivity index (χ2n) is 4.01. The minimum absolute atomic E-state index is 0.112. The molecule has 0 spiro atoms. The number of anilines is 2. The second-order valence-corrected chi connectivity index (χ2v) is 4.01. The van der Waals surface area contributed by atoms with Gasteiger partial charge < -0.3 is 15.8 Å². The predicted octanol–water partition coefficient (Wildman–Crippen LogP) is 2.45. The van der Waals surface area contributed by atoms with Gasteiger partial charge in [-0.05, 0) is 31.2 Å². The van der Waals surface area contributed by atoms with Crippen molar-refractivity contribution in [2.24, 2.45) is 0 Å². The Morgan fingerprint density at radius 1 is 1.40 bits per heavy atom. The number of nitrogens with one attached hydrogen (secondary N) is 1. The number of nitrogens with two attached hydrogens (primary N) is 1. The smallest absolute Gasteiger partial charge is 0.258 e. The van der Waals surface area contributed by atoms with Crippen LogP contribution < -0.4 is 15.8 Å². The predicted molar refractivity (Wildman–Crippen MR) is 74.2 cm³/mol. The highest BCUT2D eigenvalue weighted by Gasteiger charge is 2.12. The quantitative estimate of drug-likeness (QED) is 0.840. The molecule has 0 aliphatic carbocycles. The maximum atomic E-state index is 13.5. The van der Waals surface area contributed by atoms with E-state index in [1.807, 2.05) is 6.92 Å². The molecule has 0 atom stereocenters. The van der Waals surface area contributed by atoms with Crippen molar-refractivity contribution in [3.05, 3.63) is 47.9 Å². The van der Waals surface area contributed by atoms with Crippen molar-refractivity contribution in [3.8, 4) is 5.88 Å². The summed E-state index contributed by atoms with van der Waals surface area (Å²) in [6.45, 7) is 2.35. The van der Waals surface area contributed by atoms with Gasteiger partial charge in [0.15, 0.2) is 0 Å². The van der Waals surface area contributed by atoms with Gasteiger partial charge in [-0.25, -0.2) is 9.37 Å². The first-order chi connectivity index (χ1) is 9.60. The molecule has 0 aliphatic rings. The highest BCUT2D eigenvalue weighted by molar-refractivity contribution is 6.04. The molecule has 6 heteroatoms. The van der Waals surface area contributed by atoms with Crippen LogP contribution in [0.2, 0.25) is 0 Å². The van der Waals surface area contributed by atoms with Gasteiger partial charge in [0.2, 0.25) is 5.88 Å². The van der Waals surface area contributed by atoms with Gasteiger partial charge in [-0.15, -0.1) is 0 Å². The Morgan fingerprint density at radius 2 is 2.20 bits per heavy atom. The zero-order valence-corrected chi connectivity index (χ0v) is 10.9.